The normalized spacial score (nSPS) is 26.9. The summed E-state index contributed by atoms with van der Waals surface area (Å²) >= 11 is 6.17. The fraction of sp³-hybridized carbons (Fsp3) is 0.600. The van der Waals surface area contributed by atoms with E-state index in [2.05, 4.69) is 20.8 Å². The zero-order valence-corrected chi connectivity index (χ0v) is 13.8. The molecule has 1 saturated carbocycles. The highest BCUT2D eigenvalue weighted by molar-refractivity contribution is 6.30. The van der Waals surface area contributed by atoms with E-state index in [1.807, 2.05) is 19.9 Å². The minimum atomic E-state index is -0.541. The third kappa shape index (κ3) is 3.61. The minimum Gasteiger partial charge on any atom is -0.378 e. The van der Waals surface area contributed by atoms with Gasteiger partial charge in [-0.05, 0) is 43.7 Å². The van der Waals surface area contributed by atoms with Gasteiger partial charge in [-0.2, -0.15) is 5.10 Å². The number of ether oxygens (including phenoxy) is 1. The van der Waals surface area contributed by atoms with Crippen LogP contribution in [0.2, 0.25) is 5.15 Å². The number of carbonyl (C=O) groups excluding carboxylic acids is 2. The number of urea groups is 1. The number of nitrogens with one attached hydrogen (secondary N) is 2. The van der Waals surface area contributed by atoms with Gasteiger partial charge in [-0.3, -0.25) is 10.1 Å². The van der Waals surface area contributed by atoms with Crippen LogP contribution in [0.1, 0.15) is 43.4 Å². The van der Waals surface area contributed by atoms with Crippen molar-refractivity contribution in [3.8, 4) is 0 Å². The third-order valence-corrected chi connectivity index (χ3v) is 4.43. The second-order valence-electron chi connectivity index (χ2n) is 6.25. The smallest absolute Gasteiger partial charge is 0.321 e. The van der Waals surface area contributed by atoms with Crippen LogP contribution in [0.5, 0.6) is 0 Å². The van der Waals surface area contributed by atoms with Crippen molar-refractivity contribution in [1.29, 1.82) is 0 Å². The van der Waals surface area contributed by atoms with Gasteiger partial charge in [-0.25, -0.2) is 4.79 Å². The Morgan fingerprint density at radius 2 is 2.17 bits per heavy atom. The molecule has 2 N–H and O–H groups in total. The number of amides is 3. The average molecular weight is 339 g/mol. The molecule has 1 saturated heterocycles. The molecule has 1 aliphatic heterocycles. The molecule has 2 heterocycles. The SMILES string of the molecule is CC(C)OC[C@H]1C[C@@H]1c1cc(C2CNC(=O)NC2=O)nnc1Cl. The predicted octanol–water partition coefficient (Wildman–Crippen LogP) is 1.58. The molecular formula is C15H19ClN4O3. The summed E-state index contributed by atoms with van der Waals surface area (Å²) in [6.45, 7) is 4.92. The molecule has 0 bridgehead atoms. The maximum Gasteiger partial charge on any atom is 0.321 e. The van der Waals surface area contributed by atoms with E-state index in [0.29, 0.717) is 23.4 Å². The summed E-state index contributed by atoms with van der Waals surface area (Å²) in [4.78, 5) is 23.1. The van der Waals surface area contributed by atoms with Crippen molar-refractivity contribution in [2.75, 3.05) is 13.2 Å². The molecule has 0 spiro atoms. The lowest BCUT2D eigenvalue weighted by Crippen LogP contribution is -2.51. The molecule has 3 atom stereocenters. The minimum absolute atomic E-state index is 0.201. The Balaban J connectivity index is 1.73. The van der Waals surface area contributed by atoms with Crippen molar-refractivity contribution >= 4 is 23.5 Å². The van der Waals surface area contributed by atoms with Gasteiger partial charge >= 0.3 is 6.03 Å². The first-order chi connectivity index (χ1) is 11.0. The summed E-state index contributed by atoms with van der Waals surface area (Å²) in [5, 5.41) is 13.2. The Morgan fingerprint density at radius 1 is 1.39 bits per heavy atom. The van der Waals surface area contributed by atoms with Crippen LogP contribution in [-0.2, 0) is 9.53 Å². The van der Waals surface area contributed by atoms with E-state index in [1.165, 1.54) is 0 Å². The number of halogens is 1. The van der Waals surface area contributed by atoms with Gasteiger partial charge in [-0.15, -0.1) is 5.10 Å². The molecule has 1 aromatic rings. The number of hydrogen-bond acceptors (Lipinski definition) is 5. The summed E-state index contributed by atoms with van der Waals surface area (Å²) in [7, 11) is 0. The van der Waals surface area contributed by atoms with Gasteiger partial charge < -0.3 is 10.1 Å². The summed E-state index contributed by atoms with van der Waals surface area (Å²) < 4.78 is 5.64. The molecular weight excluding hydrogens is 320 g/mol. The van der Waals surface area contributed by atoms with Crippen molar-refractivity contribution in [3.05, 3.63) is 22.5 Å². The van der Waals surface area contributed by atoms with Gasteiger partial charge in [0.1, 0.15) is 0 Å². The van der Waals surface area contributed by atoms with Gasteiger partial charge in [0.05, 0.1) is 24.3 Å². The Hall–Kier alpha value is -1.73. The first-order valence-electron chi connectivity index (χ1n) is 7.69. The maximum absolute atomic E-state index is 11.9. The molecule has 2 fully saturated rings. The third-order valence-electron chi connectivity index (χ3n) is 4.14. The molecule has 23 heavy (non-hydrogen) atoms. The van der Waals surface area contributed by atoms with E-state index in [0.717, 1.165) is 12.0 Å². The molecule has 2 aliphatic rings. The summed E-state index contributed by atoms with van der Waals surface area (Å²) in [5.41, 5.74) is 1.43. The van der Waals surface area contributed by atoms with E-state index in [-0.39, 0.29) is 24.5 Å². The van der Waals surface area contributed by atoms with Crippen LogP contribution in [-0.4, -0.2) is 41.4 Å². The van der Waals surface area contributed by atoms with Crippen LogP contribution >= 0.6 is 11.6 Å². The molecule has 1 aromatic heterocycles. The number of nitrogens with zero attached hydrogens (tertiary/aromatic N) is 2. The topological polar surface area (TPSA) is 93.2 Å². The Morgan fingerprint density at radius 3 is 2.87 bits per heavy atom. The molecule has 0 aromatic carbocycles. The van der Waals surface area contributed by atoms with Gasteiger partial charge in [0.2, 0.25) is 5.91 Å². The molecule has 3 rings (SSSR count). The maximum atomic E-state index is 11.9. The molecule has 0 radical (unpaired) electrons. The second kappa shape index (κ2) is 6.41. The highest BCUT2D eigenvalue weighted by Gasteiger charge is 2.41. The molecule has 3 amide bonds. The summed E-state index contributed by atoms with van der Waals surface area (Å²) in [5.74, 6) is -0.198. The highest BCUT2D eigenvalue weighted by atomic mass is 35.5. The zero-order valence-electron chi connectivity index (χ0n) is 13.0. The number of imide groups is 1. The first-order valence-corrected chi connectivity index (χ1v) is 8.06. The van der Waals surface area contributed by atoms with Crippen LogP contribution in [0.4, 0.5) is 4.79 Å². The van der Waals surface area contributed by atoms with E-state index in [9.17, 15) is 9.59 Å². The quantitative estimate of drug-likeness (QED) is 0.850. The molecule has 1 unspecified atom stereocenters. The van der Waals surface area contributed by atoms with Crippen LogP contribution in [0.3, 0.4) is 0 Å². The Kier molecular flexibility index (Phi) is 4.50. The monoisotopic (exact) mass is 338 g/mol. The molecule has 124 valence electrons. The molecule has 7 nitrogen and oxygen atoms in total. The lowest BCUT2D eigenvalue weighted by Gasteiger charge is -2.21. The average Bonchev–Trinajstić information content (AvgIpc) is 3.25. The first kappa shape index (κ1) is 16.1. The number of aromatic nitrogens is 2. The van der Waals surface area contributed by atoms with Crippen molar-refractivity contribution in [2.45, 2.75) is 38.2 Å². The van der Waals surface area contributed by atoms with E-state index in [4.69, 9.17) is 16.3 Å². The Bertz CT molecular complexity index is 637. The van der Waals surface area contributed by atoms with Crippen molar-refractivity contribution in [1.82, 2.24) is 20.8 Å². The van der Waals surface area contributed by atoms with Gasteiger partial charge in [0, 0.05) is 6.54 Å². The second-order valence-corrected chi connectivity index (χ2v) is 6.61. The fourth-order valence-electron chi connectivity index (χ4n) is 2.74. The van der Waals surface area contributed by atoms with E-state index >= 15 is 0 Å². The van der Waals surface area contributed by atoms with Crippen LogP contribution in [0.15, 0.2) is 6.07 Å². The predicted molar refractivity (Wildman–Crippen MR) is 83.3 cm³/mol. The van der Waals surface area contributed by atoms with Crippen molar-refractivity contribution in [2.24, 2.45) is 5.92 Å². The summed E-state index contributed by atoms with van der Waals surface area (Å²) in [6, 6.07) is 1.35. The van der Waals surface area contributed by atoms with E-state index in [1.54, 1.807) is 0 Å². The van der Waals surface area contributed by atoms with Crippen molar-refractivity contribution < 1.29 is 14.3 Å². The van der Waals surface area contributed by atoms with E-state index < -0.39 is 11.9 Å². The number of carbonyl (C=O) groups is 2. The Labute approximate surface area is 139 Å². The van der Waals surface area contributed by atoms with Crippen LogP contribution in [0.25, 0.3) is 0 Å². The largest absolute Gasteiger partial charge is 0.378 e. The zero-order chi connectivity index (χ0) is 16.6. The number of hydrogen-bond donors (Lipinski definition) is 2. The van der Waals surface area contributed by atoms with Crippen LogP contribution in [0, 0.1) is 5.92 Å². The standard InChI is InChI=1S/C15H19ClN4O3/c1-7(2)23-6-8-3-9(8)10-4-12(19-20-13(10)16)11-5-17-15(22)18-14(11)21/h4,7-9,11H,3,5-6H2,1-2H3,(H2,17,18,21,22)/t8-,9+,11?/m1/s1. The highest BCUT2D eigenvalue weighted by Crippen LogP contribution is 2.49. The summed E-state index contributed by atoms with van der Waals surface area (Å²) in [6.07, 6.45) is 1.19. The number of rotatable bonds is 5. The molecule has 1 aliphatic carbocycles. The van der Waals surface area contributed by atoms with Gasteiger partial charge in [0.15, 0.2) is 5.15 Å². The molecule has 8 heteroatoms. The van der Waals surface area contributed by atoms with Gasteiger partial charge in [0.25, 0.3) is 0 Å². The lowest BCUT2D eigenvalue weighted by atomic mass is 10.0. The fourth-order valence-corrected chi connectivity index (χ4v) is 2.97. The lowest BCUT2D eigenvalue weighted by molar-refractivity contribution is -0.122. The van der Waals surface area contributed by atoms with Crippen LogP contribution < -0.4 is 10.6 Å². The van der Waals surface area contributed by atoms with Gasteiger partial charge in [-0.1, -0.05) is 11.6 Å². The van der Waals surface area contributed by atoms with Crippen molar-refractivity contribution in [3.63, 3.8) is 0 Å².